The summed E-state index contributed by atoms with van der Waals surface area (Å²) >= 11 is 0. The molecule has 0 bridgehead atoms. The molecule has 3 aromatic carbocycles. The van der Waals surface area contributed by atoms with Gasteiger partial charge in [0.2, 0.25) is 0 Å². The number of aliphatic hydroxyl groups excluding tert-OH is 1. The van der Waals surface area contributed by atoms with Gasteiger partial charge in [0.15, 0.2) is 0 Å². The molecule has 1 heterocycles. The van der Waals surface area contributed by atoms with Gasteiger partial charge in [-0.3, -0.25) is 9.59 Å². The van der Waals surface area contributed by atoms with Crippen molar-refractivity contribution >= 4 is 17.4 Å². The summed E-state index contributed by atoms with van der Waals surface area (Å²) in [6.07, 6.45) is 1.45. The van der Waals surface area contributed by atoms with E-state index < -0.39 is 17.7 Å². The fourth-order valence-electron chi connectivity index (χ4n) is 4.64. The van der Waals surface area contributed by atoms with E-state index in [4.69, 9.17) is 14.2 Å². The summed E-state index contributed by atoms with van der Waals surface area (Å²) in [4.78, 5) is 27.8. The molecule has 1 aliphatic rings. The van der Waals surface area contributed by atoms with E-state index in [1.54, 1.807) is 31.4 Å². The van der Waals surface area contributed by atoms with Crippen molar-refractivity contribution in [1.29, 1.82) is 0 Å². The number of benzene rings is 3. The summed E-state index contributed by atoms with van der Waals surface area (Å²) in [6, 6.07) is 21.5. The summed E-state index contributed by atoms with van der Waals surface area (Å²) in [6.45, 7) is 5.84. The van der Waals surface area contributed by atoms with Gasteiger partial charge in [0, 0.05) is 25.8 Å². The molecule has 0 aromatic heterocycles. The Morgan fingerprint density at radius 2 is 1.62 bits per heavy atom. The quantitative estimate of drug-likeness (QED) is 0.138. The van der Waals surface area contributed by atoms with Crippen LogP contribution in [-0.4, -0.2) is 48.6 Å². The highest BCUT2D eigenvalue weighted by Gasteiger charge is 2.45. The highest BCUT2D eigenvalue weighted by molar-refractivity contribution is 6.46. The zero-order valence-electron chi connectivity index (χ0n) is 22.7. The summed E-state index contributed by atoms with van der Waals surface area (Å²) in [5, 5.41) is 11.3. The predicted octanol–water partition coefficient (Wildman–Crippen LogP) is 5.82. The number of likely N-dealkylation sites (tertiary alicyclic amines) is 1. The minimum absolute atomic E-state index is 0.0630. The Bertz CT molecular complexity index is 1310. The summed E-state index contributed by atoms with van der Waals surface area (Å²) in [5.74, 6) is -0.224. The molecule has 204 valence electrons. The van der Waals surface area contributed by atoms with Crippen LogP contribution in [-0.2, 0) is 20.9 Å². The molecule has 0 radical (unpaired) electrons. The molecule has 0 spiro atoms. The van der Waals surface area contributed by atoms with E-state index in [9.17, 15) is 14.7 Å². The molecule has 1 saturated heterocycles. The Morgan fingerprint density at radius 3 is 2.28 bits per heavy atom. The third-order valence-electron chi connectivity index (χ3n) is 6.57. The molecule has 4 rings (SSSR count). The van der Waals surface area contributed by atoms with Gasteiger partial charge < -0.3 is 24.2 Å². The van der Waals surface area contributed by atoms with Gasteiger partial charge in [-0.25, -0.2) is 0 Å². The van der Waals surface area contributed by atoms with Gasteiger partial charge in [-0.1, -0.05) is 48.9 Å². The zero-order chi connectivity index (χ0) is 27.8. The highest BCUT2D eigenvalue weighted by Crippen LogP contribution is 2.40. The van der Waals surface area contributed by atoms with Crippen molar-refractivity contribution in [1.82, 2.24) is 4.90 Å². The number of ketones is 1. The number of hydrogen-bond acceptors (Lipinski definition) is 6. The first-order valence-corrected chi connectivity index (χ1v) is 13.2. The van der Waals surface area contributed by atoms with Crippen LogP contribution in [0.4, 0.5) is 0 Å². The van der Waals surface area contributed by atoms with Crippen molar-refractivity contribution in [3.63, 3.8) is 0 Å². The lowest BCUT2D eigenvalue weighted by atomic mass is 9.95. The molecule has 1 atom stereocenters. The van der Waals surface area contributed by atoms with Crippen molar-refractivity contribution < 1.29 is 28.9 Å². The number of rotatable bonds is 12. The standard InChI is InChI=1S/C32H35NO6/c1-4-18-38-26-13-9-24(10-14-26)29-28(31(35)32(36)33(29)17-6-19-37-3)30(34)25-11-15-27(16-12-25)39-21-23-8-5-7-22(2)20-23/h5,7-16,20,29,34H,4,6,17-19,21H2,1-3H3/t29-/m0/s1. The number of Topliss-reactive ketones (excluding diaryl/α,β-unsaturated/α-hetero) is 1. The first-order chi connectivity index (χ1) is 18.9. The van der Waals surface area contributed by atoms with Crippen molar-refractivity contribution in [2.45, 2.75) is 39.3 Å². The number of aryl methyl sites for hydroxylation is 1. The second-order valence-corrected chi connectivity index (χ2v) is 9.56. The van der Waals surface area contributed by atoms with Gasteiger partial charge >= 0.3 is 0 Å². The Labute approximate surface area is 229 Å². The fraction of sp³-hybridized carbons (Fsp3) is 0.312. The Morgan fingerprint density at radius 1 is 0.923 bits per heavy atom. The average Bonchev–Trinajstić information content (AvgIpc) is 3.20. The molecule has 39 heavy (non-hydrogen) atoms. The van der Waals surface area contributed by atoms with Crippen LogP contribution in [0.2, 0.25) is 0 Å². The normalized spacial score (nSPS) is 16.5. The van der Waals surface area contributed by atoms with E-state index in [-0.39, 0.29) is 11.3 Å². The number of carbonyl (C=O) groups is 2. The Hall–Kier alpha value is -4.10. The lowest BCUT2D eigenvalue weighted by Crippen LogP contribution is -2.31. The molecule has 1 amide bonds. The number of nitrogens with zero attached hydrogens (tertiary/aromatic N) is 1. The molecular weight excluding hydrogens is 494 g/mol. The number of amides is 1. The topological polar surface area (TPSA) is 85.3 Å². The number of methoxy groups -OCH3 is 1. The molecule has 3 aromatic rings. The third kappa shape index (κ3) is 6.67. The van der Waals surface area contributed by atoms with Crippen molar-refractivity contribution in [2.75, 3.05) is 26.9 Å². The van der Waals surface area contributed by atoms with E-state index in [2.05, 4.69) is 6.07 Å². The smallest absolute Gasteiger partial charge is 0.295 e. The van der Waals surface area contributed by atoms with Crippen LogP contribution in [0.25, 0.3) is 5.76 Å². The third-order valence-corrected chi connectivity index (χ3v) is 6.57. The maximum Gasteiger partial charge on any atom is 0.295 e. The second kappa shape index (κ2) is 13.1. The van der Waals surface area contributed by atoms with Gasteiger partial charge in [-0.2, -0.15) is 0 Å². The van der Waals surface area contributed by atoms with E-state index in [1.165, 1.54) is 4.90 Å². The SMILES string of the molecule is CCCOc1ccc([C@H]2C(=C(O)c3ccc(OCc4cccc(C)c4)cc3)C(=O)C(=O)N2CCCOC)cc1. The van der Waals surface area contributed by atoms with Crippen LogP contribution in [0.3, 0.4) is 0 Å². The monoisotopic (exact) mass is 529 g/mol. The molecule has 0 unspecified atom stereocenters. The van der Waals surface area contributed by atoms with E-state index in [0.717, 1.165) is 23.1 Å². The molecule has 1 fully saturated rings. The molecule has 0 aliphatic carbocycles. The average molecular weight is 530 g/mol. The summed E-state index contributed by atoms with van der Waals surface area (Å²) < 4.78 is 16.7. The van der Waals surface area contributed by atoms with Crippen LogP contribution in [0, 0.1) is 6.92 Å². The number of ether oxygens (including phenoxy) is 3. The molecule has 1 N–H and O–H groups in total. The number of hydrogen-bond donors (Lipinski definition) is 1. The predicted molar refractivity (Wildman–Crippen MR) is 150 cm³/mol. The second-order valence-electron chi connectivity index (χ2n) is 9.56. The Balaban J connectivity index is 1.62. The van der Waals surface area contributed by atoms with Crippen LogP contribution in [0.1, 0.15) is 48.1 Å². The first-order valence-electron chi connectivity index (χ1n) is 13.2. The van der Waals surface area contributed by atoms with Crippen LogP contribution >= 0.6 is 0 Å². The highest BCUT2D eigenvalue weighted by atomic mass is 16.5. The van der Waals surface area contributed by atoms with Gasteiger partial charge in [0.05, 0.1) is 18.2 Å². The maximum atomic E-state index is 13.2. The van der Waals surface area contributed by atoms with Crippen molar-refractivity contribution in [2.24, 2.45) is 0 Å². The molecule has 7 nitrogen and oxygen atoms in total. The lowest BCUT2D eigenvalue weighted by molar-refractivity contribution is -0.140. The number of carbonyl (C=O) groups excluding carboxylic acids is 2. The fourth-order valence-corrected chi connectivity index (χ4v) is 4.64. The minimum Gasteiger partial charge on any atom is -0.507 e. The zero-order valence-corrected chi connectivity index (χ0v) is 22.7. The van der Waals surface area contributed by atoms with Gasteiger partial charge in [-0.15, -0.1) is 0 Å². The maximum absolute atomic E-state index is 13.2. The van der Waals surface area contributed by atoms with Crippen molar-refractivity contribution in [3.05, 3.63) is 101 Å². The lowest BCUT2D eigenvalue weighted by Gasteiger charge is -2.25. The van der Waals surface area contributed by atoms with Gasteiger partial charge in [-0.05, 0) is 67.3 Å². The molecular formula is C32H35NO6. The molecule has 0 saturated carbocycles. The minimum atomic E-state index is -0.723. The molecule has 7 heteroatoms. The summed E-state index contributed by atoms with van der Waals surface area (Å²) in [7, 11) is 1.59. The van der Waals surface area contributed by atoms with Crippen LogP contribution < -0.4 is 9.47 Å². The Kier molecular flexibility index (Phi) is 9.39. The van der Waals surface area contributed by atoms with E-state index in [1.807, 2.05) is 56.3 Å². The van der Waals surface area contributed by atoms with Gasteiger partial charge in [0.1, 0.15) is 23.9 Å². The molecule has 1 aliphatic heterocycles. The van der Waals surface area contributed by atoms with Crippen LogP contribution in [0.5, 0.6) is 11.5 Å². The van der Waals surface area contributed by atoms with Gasteiger partial charge in [0.25, 0.3) is 11.7 Å². The van der Waals surface area contributed by atoms with Crippen molar-refractivity contribution in [3.8, 4) is 11.5 Å². The first kappa shape index (κ1) is 27.9. The number of aliphatic hydroxyl groups is 1. The summed E-state index contributed by atoms with van der Waals surface area (Å²) in [5.41, 5.74) is 3.43. The van der Waals surface area contributed by atoms with Crippen LogP contribution in [0.15, 0.2) is 78.4 Å². The van der Waals surface area contributed by atoms with E-state index in [0.29, 0.717) is 49.8 Å². The largest absolute Gasteiger partial charge is 0.507 e. The van der Waals surface area contributed by atoms with E-state index >= 15 is 0 Å².